The highest BCUT2D eigenvalue weighted by Gasteiger charge is 1.94. The fourth-order valence-electron chi connectivity index (χ4n) is 0.860. The highest BCUT2D eigenvalue weighted by Crippen LogP contribution is 2.11. The summed E-state index contributed by atoms with van der Waals surface area (Å²) in [6.45, 7) is 0.530. The van der Waals surface area contributed by atoms with Crippen molar-refractivity contribution in [2.24, 2.45) is 0 Å². The van der Waals surface area contributed by atoms with Gasteiger partial charge in [-0.05, 0) is 12.1 Å². The summed E-state index contributed by atoms with van der Waals surface area (Å²) in [5.74, 6) is 1.28. The third-order valence-electron chi connectivity index (χ3n) is 1.47. The third kappa shape index (κ3) is 3.85. The quantitative estimate of drug-likeness (QED) is 0.868. The van der Waals surface area contributed by atoms with Gasteiger partial charge in [0.15, 0.2) is 0 Å². The van der Waals surface area contributed by atoms with Crippen molar-refractivity contribution in [2.45, 2.75) is 0 Å². The van der Waals surface area contributed by atoms with Crippen LogP contribution in [0.2, 0.25) is 0 Å². The molecule has 1 heterocycles. The van der Waals surface area contributed by atoms with Crippen molar-refractivity contribution in [3.05, 3.63) is 28.8 Å². The molecule has 0 unspecified atom stereocenters. The second kappa shape index (κ2) is 5.73. The first-order valence-electron chi connectivity index (χ1n) is 3.98. The van der Waals surface area contributed by atoms with E-state index < -0.39 is 0 Å². The van der Waals surface area contributed by atoms with Crippen LogP contribution in [0.1, 0.15) is 0 Å². The maximum Gasteiger partial charge on any atom is 0.214 e. The Bertz CT molecular complexity index is 324. The predicted octanol–water partition coefficient (Wildman–Crippen LogP) is 2.82. The van der Waals surface area contributed by atoms with Gasteiger partial charge >= 0.3 is 0 Å². The normalized spacial score (nSPS) is 9.36. The number of hydrogen-bond donors (Lipinski definition) is 1. The van der Waals surface area contributed by atoms with Gasteiger partial charge in [-0.2, -0.15) is 4.98 Å². The Labute approximate surface area is 92.7 Å². The fraction of sp³-hybridized carbons (Fsp3) is 0.222. The first-order chi connectivity index (χ1) is 6.72. The molecule has 0 aliphatic heterocycles. The zero-order chi connectivity index (χ0) is 10.4. The second-order valence-electron chi connectivity index (χ2n) is 2.44. The van der Waals surface area contributed by atoms with E-state index in [1.54, 1.807) is 19.3 Å². The van der Waals surface area contributed by atoms with Gasteiger partial charge in [-0.25, -0.2) is 0 Å². The number of methoxy groups -OCH3 is 1. The van der Waals surface area contributed by atoms with Crippen molar-refractivity contribution in [3.63, 3.8) is 0 Å². The molecule has 76 valence electrons. The van der Waals surface area contributed by atoms with E-state index in [1.165, 1.54) is 0 Å². The SMILES string of the molecule is COc1cccc(NCC=C(Cl)Cl)n1. The highest BCUT2D eigenvalue weighted by atomic mass is 35.5. The third-order valence-corrected chi connectivity index (χ3v) is 1.78. The standard InChI is InChI=1S/C9H10Cl2N2O/c1-14-9-4-2-3-8(13-9)12-6-5-7(10)11/h2-5H,6H2,1H3,(H,12,13). The molecule has 0 spiro atoms. The largest absolute Gasteiger partial charge is 0.481 e. The molecule has 0 aliphatic rings. The van der Waals surface area contributed by atoms with Crippen molar-refractivity contribution in [1.29, 1.82) is 0 Å². The van der Waals surface area contributed by atoms with Crippen LogP contribution in [-0.4, -0.2) is 18.6 Å². The summed E-state index contributed by atoms with van der Waals surface area (Å²) in [7, 11) is 1.57. The van der Waals surface area contributed by atoms with E-state index in [0.29, 0.717) is 12.4 Å². The summed E-state index contributed by atoms with van der Waals surface area (Å²) < 4.78 is 5.20. The number of rotatable bonds is 4. The molecule has 0 radical (unpaired) electrons. The number of nitrogens with zero attached hydrogens (tertiary/aromatic N) is 1. The molecule has 0 aromatic carbocycles. The van der Waals surface area contributed by atoms with Crippen molar-refractivity contribution in [3.8, 4) is 5.88 Å². The molecule has 0 atom stereocenters. The van der Waals surface area contributed by atoms with Gasteiger partial charge in [0.25, 0.3) is 0 Å². The Hall–Kier alpha value is -0.930. The number of nitrogens with one attached hydrogen (secondary N) is 1. The molecule has 0 aliphatic carbocycles. The van der Waals surface area contributed by atoms with Crippen molar-refractivity contribution in [1.82, 2.24) is 4.98 Å². The van der Waals surface area contributed by atoms with Crippen LogP contribution in [-0.2, 0) is 0 Å². The summed E-state index contributed by atoms with van der Waals surface area (Å²) in [5, 5.41) is 3.01. The number of hydrogen-bond acceptors (Lipinski definition) is 3. The van der Waals surface area contributed by atoms with Crippen LogP contribution in [0.15, 0.2) is 28.8 Å². The molecular weight excluding hydrogens is 223 g/mol. The van der Waals surface area contributed by atoms with Crippen LogP contribution in [0.5, 0.6) is 5.88 Å². The van der Waals surface area contributed by atoms with E-state index in [-0.39, 0.29) is 4.49 Å². The van der Waals surface area contributed by atoms with Crippen LogP contribution in [0.3, 0.4) is 0 Å². The highest BCUT2D eigenvalue weighted by molar-refractivity contribution is 6.55. The Balaban J connectivity index is 2.54. The first-order valence-corrected chi connectivity index (χ1v) is 4.74. The van der Waals surface area contributed by atoms with E-state index >= 15 is 0 Å². The minimum atomic E-state index is 0.236. The minimum Gasteiger partial charge on any atom is -0.481 e. The Kier molecular flexibility index (Phi) is 4.56. The summed E-state index contributed by atoms with van der Waals surface area (Å²) in [4.78, 5) is 4.14. The minimum absolute atomic E-state index is 0.236. The molecule has 1 aromatic rings. The Morgan fingerprint density at radius 2 is 2.36 bits per heavy atom. The average Bonchev–Trinajstić information content (AvgIpc) is 2.18. The number of anilines is 1. The summed E-state index contributed by atoms with van der Waals surface area (Å²) in [6.07, 6.45) is 1.64. The van der Waals surface area contributed by atoms with Crippen molar-refractivity contribution in [2.75, 3.05) is 19.0 Å². The lowest BCUT2D eigenvalue weighted by atomic mass is 10.4. The maximum absolute atomic E-state index is 5.44. The van der Waals surface area contributed by atoms with Gasteiger partial charge < -0.3 is 10.1 Å². The number of ether oxygens (including phenoxy) is 1. The van der Waals surface area contributed by atoms with Crippen LogP contribution < -0.4 is 10.1 Å². The molecule has 0 saturated carbocycles. The second-order valence-corrected chi connectivity index (χ2v) is 3.45. The Morgan fingerprint density at radius 1 is 1.57 bits per heavy atom. The fourth-order valence-corrected chi connectivity index (χ4v) is 1.01. The molecule has 1 aromatic heterocycles. The van der Waals surface area contributed by atoms with E-state index in [9.17, 15) is 0 Å². The predicted molar refractivity (Wildman–Crippen MR) is 59.1 cm³/mol. The molecular formula is C9H10Cl2N2O. The van der Waals surface area contributed by atoms with Crippen LogP contribution in [0.4, 0.5) is 5.82 Å². The summed E-state index contributed by atoms with van der Waals surface area (Å²) in [5.41, 5.74) is 0. The molecule has 1 rings (SSSR count). The van der Waals surface area contributed by atoms with Gasteiger partial charge in [-0.15, -0.1) is 0 Å². The molecule has 0 saturated heterocycles. The van der Waals surface area contributed by atoms with Crippen LogP contribution >= 0.6 is 23.2 Å². The molecule has 5 heteroatoms. The molecule has 0 amide bonds. The Morgan fingerprint density at radius 3 is 3.00 bits per heavy atom. The van der Waals surface area contributed by atoms with E-state index in [0.717, 1.165) is 5.82 Å². The summed E-state index contributed by atoms with van der Waals surface area (Å²) >= 11 is 10.9. The molecule has 14 heavy (non-hydrogen) atoms. The average molecular weight is 233 g/mol. The summed E-state index contributed by atoms with van der Waals surface area (Å²) in [6, 6.07) is 5.45. The van der Waals surface area contributed by atoms with Gasteiger partial charge in [-0.1, -0.05) is 29.3 Å². The van der Waals surface area contributed by atoms with Crippen LogP contribution in [0.25, 0.3) is 0 Å². The number of halogens is 2. The zero-order valence-corrected chi connectivity index (χ0v) is 9.14. The smallest absolute Gasteiger partial charge is 0.214 e. The van der Waals surface area contributed by atoms with Gasteiger partial charge in [0.1, 0.15) is 10.3 Å². The molecule has 0 bridgehead atoms. The van der Waals surface area contributed by atoms with Gasteiger partial charge in [0.2, 0.25) is 5.88 Å². The number of aromatic nitrogens is 1. The van der Waals surface area contributed by atoms with Gasteiger partial charge in [0.05, 0.1) is 7.11 Å². The molecule has 1 N–H and O–H groups in total. The zero-order valence-electron chi connectivity index (χ0n) is 7.63. The van der Waals surface area contributed by atoms with Gasteiger partial charge in [-0.3, -0.25) is 0 Å². The van der Waals surface area contributed by atoms with E-state index in [1.807, 2.05) is 12.1 Å². The lowest BCUT2D eigenvalue weighted by molar-refractivity contribution is 0.398. The van der Waals surface area contributed by atoms with Crippen LogP contribution in [0, 0.1) is 0 Å². The molecule has 3 nitrogen and oxygen atoms in total. The lowest BCUT2D eigenvalue weighted by Crippen LogP contribution is -2.01. The van der Waals surface area contributed by atoms with Crippen molar-refractivity contribution < 1.29 is 4.74 Å². The van der Waals surface area contributed by atoms with E-state index in [4.69, 9.17) is 27.9 Å². The monoisotopic (exact) mass is 232 g/mol. The van der Waals surface area contributed by atoms with Crippen molar-refractivity contribution >= 4 is 29.0 Å². The maximum atomic E-state index is 5.44. The topological polar surface area (TPSA) is 34.1 Å². The lowest BCUT2D eigenvalue weighted by Gasteiger charge is -2.03. The number of pyridine rings is 1. The molecule has 0 fully saturated rings. The van der Waals surface area contributed by atoms with Gasteiger partial charge in [0, 0.05) is 12.6 Å². The first kappa shape index (κ1) is 11.1. The van der Waals surface area contributed by atoms with E-state index in [2.05, 4.69) is 10.3 Å².